The second kappa shape index (κ2) is 4.02. The average Bonchev–Trinajstić information content (AvgIpc) is 2.79. The van der Waals surface area contributed by atoms with Crippen molar-refractivity contribution in [1.29, 1.82) is 0 Å². The van der Waals surface area contributed by atoms with Gasteiger partial charge in [-0.1, -0.05) is 0 Å². The molecular formula is C13H18N4. The van der Waals surface area contributed by atoms with Crippen LogP contribution in [0.1, 0.15) is 30.4 Å². The van der Waals surface area contributed by atoms with E-state index in [0.717, 1.165) is 18.7 Å². The lowest BCUT2D eigenvalue weighted by atomic mass is 10.1. The molecule has 0 amide bonds. The Hall–Kier alpha value is -1.58. The average molecular weight is 230 g/mol. The van der Waals surface area contributed by atoms with E-state index in [-0.39, 0.29) is 0 Å². The minimum atomic E-state index is 0.952. The summed E-state index contributed by atoms with van der Waals surface area (Å²) >= 11 is 0. The molecule has 0 aromatic carbocycles. The molecule has 4 nitrogen and oxygen atoms in total. The number of fused-ring (bicyclic) bond motifs is 1. The van der Waals surface area contributed by atoms with Crippen LogP contribution >= 0.6 is 0 Å². The van der Waals surface area contributed by atoms with Crippen LogP contribution in [0, 0.1) is 13.8 Å². The molecule has 2 aromatic heterocycles. The van der Waals surface area contributed by atoms with Gasteiger partial charge >= 0.3 is 0 Å². The molecule has 2 aromatic rings. The molecule has 1 fully saturated rings. The summed E-state index contributed by atoms with van der Waals surface area (Å²) in [5.74, 6) is 1.23. The summed E-state index contributed by atoms with van der Waals surface area (Å²) < 4.78 is 1.98. The quantitative estimate of drug-likeness (QED) is 0.754. The molecule has 0 radical (unpaired) electrons. The number of anilines is 1. The Morgan fingerprint density at radius 3 is 2.65 bits per heavy atom. The van der Waals surface area contributed by atoms with Crippen LogP contribution in [0.4, 0.5) is 5.82 Å². The van der Waals surface area contributed by atoms with E-state index in [1.165, 1.54) is 36.2 Å². The van der Waals surface area contributed by atoms with Gasteiger partial charge in [0.2, 0.25) is 0 Å². The van der Waals surface area contributed by atoms with E-state index in [1.807, 2.05) is 4.52 Å². The predicted molar refractivity (Wildman–Crippen MR) is 68.5 cm³/mol. The zero-order valence-electron chi connectivity index (χ0n) is 10.5. The molecule has 0 bridgehead atoms. The van der Waals surface area contributed by atoms with Crippen molar-refractivity contribution in [2.45, 2.75) is 33.1 Å². The summed E-state index contributed by atoms with van der Waals surface area (Å²) in [4.78, 5) is 6.75. The first-order valence-electron chi connectivity index (χ1n) is 6.32. The summed E-state index contributed by atoms with van der Waals surface area (Å²) in [5, 5.41) is 4.36. The van der Waals surface area contributed by atoms with Crippen molar-refractivity contribution in [1.82, 2.24) is 14.6 Å². The largest absolute Gasteiger partial charge is 0.356 e. The van der Waals surface area contributed by atoms with Crippen molar-refractivity contribution < 1.29 is 0 Å². The van der Waals surface area contributed by atoms with Crippen molar-refractivity contribution in [3.8, 4) is 0 Å². The molecule has 3 heterocycles. The first kappa shape index (κ1) is 10.6. The van der Waals surface area contributed by atoms with Crippen LogP contribution in [0.25, 0.3) is 5.65 Å². The van der Waals surface area contributed by atoms with Gasteiger partial charge in [0.15, 0.2) is 5.65 Å². The van der Waals surface area contributed by atoms with Crippen molar-refractivity contribution in [3.05, 3.63) is 23.5 Å². The number of aromatic nitrogens is 3. The van der Waals surface area contributed by atoms with Crippen molar-refractivity contribution in [2.75, 3.05) is 18.0 Å². The molecule has 1 saturated heterocycles. The van der Waals surface area contributed by atoms with Crippen LogP contribution in [0.2, 0.25) is 0 Å². The maximum atomic E-state index is 4.36. The molecule has 1 aliphatic rings. The van der Waals surface area contributed by atoms with Crippen LogP contribution in [-0.4, -0.2) is 27.7 Å². The van der Waals surface area contributed by atoms with Gasteiger partial charge in [-0.2, -0.15) is 9.61 Å². The van der Waals surface area contributed by atoms with Crippen molar-refractivity contribution in [2.24, 2.45) is 0 Å². The monoisotopic (exact) mass is 230 g/mol. The Balaban J connectivity index is 2.18. The molecule has 1 aliphatic heterocycles. The number of pyridine rings is 1. The third kappa shape index (κ3) is 1.68. The molecule has 90 valence electrons. The fraction of sp³-hybridized carbons (Fsp3) is 0.538. The number of hydrogen-bond donors (Lipinski definition) is 0. The summed E-state index contributed by atoms with van der Waals surface area (Å²) in [6, 6.07) is 2.11. The molecule has 4 heteroatoms. The van der Waals surface area contributed by atoms with Crippen LogP contribution < -0.4 is 4.90 Å². The fourth-order valence-electron chi connectivity index (χ4n) is 2.63. The molecule has 3 rings (SSSR count). The second-order valence-corrected chi connectivity index (χ2v) is 4.85. The molecule has 0 N–H and O–H groups in total. The third-order valence-electron chi connectivity index (χ3n) is 3.70. The predicted octanol–water partition coefficient (Wildman–Crippen LogP) is 2.34. The molecule has 0 atom stereocenters. The van der Waals surface area contributed by atoms with E-state index in [9.17, 15) is 0 Å². The first-order valence-corrected chi connectivity index (χ1v) is 6.32. The molecule has 0 saturated carbocycles. The maximum absolute atomic E-state index is 4.36. The van der Waals surface area contributed by atoms with Gasteiger partial charge in [-0.25, -0.2) is 4.98 Å². The summed E-state index contributed by atoms with van der Waals surface area (Å²) in [6.07, 6.45) is 5.55. The van der Waals surface area contributed by atoms with Gasteiger partial charge in [-0.05, 0) is 50.3 Å². The smallest absolute Gasteiger partial charge is 0.157 e. The number of piperidine rings is 1. The fourth-order valence-corrected chi connectivity index (χ4v) is 2.63. The number of rotatable bonds is 1. The lowest BCUT2D eigenvalue weighted by molar-refractivity contribution is 0.567. The minimum Gasteiger partial charge on any atom is -0.356 e. The lowest BCUT2D eigenvalue weighted by Gasteiger charge is -2.30. The SMILES string of the molecule is Cc1cc2ncnn2c(N2CCCCC2)c1C. The molecule has 0 spiro atoms. The Bertz CT molecular complexity index is 538. The Kier molecular flexibility index (Phi) is 2.50. The third-order valence-corrected chi connectivity index (χ3v) is 3.70. The topological polar surface area (TPSA) is 33.4 Å². The summed E-state index contributed by atoms with van der Waals surface area (Å²) in [5.41, 5.74) is 3.57. The van der Waals surface area contributed by atoms with Gasteiger partial charge in [0, 0.05) is 13.1 Å². The van der Waals surface area contributed by atoms with Crippen LogP contribution in [0.5, 0.6) is 0 Å². The summed E-state index contributed by atoms with van der Waals surface area (Å²) in [7, 11) is 0. The Morgan fingerprint density at radius 2 is 1.88 bits per heavy atom. The van der Waals surface area contributed by atoms with E-state index in [1.54, 1.807) is 6.33 Å². The van der Waals surface area contributed by atoms with Crippen LogP contribution in [0.15, 0.2) is 12.4 Å². The van der Waals surface area contributed by atoms with Crippen molar-refractivity contribution in [3.63, 3.8) is 0 Å². The van der Waals surface area contributed by atoms with E-state index in [0.29, 0.717) is 0 Å². The zero-order chi connectivity index (χ0) is 11.8. The van der Waals surface area contributed by atoms with E-state index < -0.39 is 0 Å². The summed E-state index contributed by atoms with van der Waals surface area (Å²) in [6.45, 7) is 6.61. The van der Waals surface area contributed by atoms with E-state index in [2.05, 4.69) is 34.9 Å². The number of hydrogen-bond acceptors (Lipinski definition) is 3. The highest BCUT2D eigenvalue weighted by molar-refractivity contribution is 5.58. The highest BCUT2D eigenvalue weighted by Gasteiger charge is 2.18. The number of nitrogens with zero attached hydrogens (tertiary/aromatic N) is 4. The van der Waals surface area contributed by atoms with Gasteiger partial charge in [0.1, 0.15) is 12.1 Å². The van der Waals surface area contributed by atoms with Crippen molar-refractivity contribution >= 4 is 11.5 Å². The molecular weight excluding hydrogens is 212 g/mol. The molecule has 0 unspecified atom stereocenters. The second-order valence-electron chi connectivity index (χ2n) is 4.85. The van der Waals surface area contributed by atoms with Gasteiger partial charge in [0.05, 0.1) is 0 Å². The highest BCUT2D eigenvalue weighted by Crippen LogP contribution is 2.26. The highest BCUT2D eigenvalue weighted by atomic mass is 15.4. The molecule has 17 heavy (non-hydrogen) atoms. The first-order chi connectivity index (χ1) is 8.27. The van der Waals surface area contributed by atoms with Gasteiger partial charge < -0.3 is 4.90 Å². The van der Waals surface area contributed by atoms with Crippen LogP contribution in [0.3, 0.4) is 0 Å². The normalized spacial score (nSPS) is 16.7. The van der Waals surface area contributed by atoms with E-state index in [4.69, 9.17) is 0 Å². The Morgan fingerprint density at radius 1 is 1.12 bits per heavy atom. The van der Waals surface area contributed by atoms with Crippen LogP contribution in [-0.2, 0) is 0 Å². The van der Waals surface area contributed by atoms with Gasteiger partial charge in [-0.3, -0.25) is 0 Å². The maximum Gasteiger partial charge on any atom is 0.157 e. The lowest BCUT2D eigenvalue weighted by Crippen LogP contribution is -2.32. The zero-order valence-corrected chi connectivity index (χ0v) is 10.5. The molecule has 0 aliphatic carbocycles. The standard InChI is InChI=1S/C13H18N4/c1-10-8-12-14-9-15-17(12)13(11(10)2)16-6-4-3-5-7-16/h8-9H,3-7H2,1-2H3. The number of aryl methyl sites for hydroxylation is 1. The van der Waals surface area contributed by atoms with E-state index >= 15 is 0 Å². The minimum absolute atomic E-state index is 0.952. The van der Waals surface area contributed by atoms with Gasteiger partial charge in [0.25, 0.3) is 0 Å². The Labute approximate surface area is 101 Å². The van der Waals surface area contributed by atoms with Gasteiger partial charge in [-0.15, -0.1) is 0 Å².